The average molecular weight is 228 g/mol. The Hall–Kier alpha value is -0.570. The monoisotopic (exact) mass is 227 g/mol. The fourth-order valence-electron chi connectivity index (χ4n) is 2.52. The summed E-state index contributed by atoms with van der Waals surface area (Å²) in [7, 11) is 1.91. The molecule has 84 valence electrons. The summed E-state index contributed by atoms with van der Waals surface area (Å²) in [6.07, 6.45) is 9.46. The Labute approximate surface area is 95.8 Å². The van der Waals surface area contributed by atoms with Crippen LogP contribution in [0.1, 0.15) is 37.8 Å². The zero-order chi connectivity index (χ0) is 10.7. The van der Waals surface area contributed by atoms with Gasteiger partial charge in [0.1, 0.15) is 0 Å². The van der Waals surface area contributed by atoms with Gasteiger partial charge in [-0.2, -0.15) is 0 Å². The molecule has 1 fully saturated rings. The molecule has 2 rings (SSSR count). The molecule has 1 aliphatic carbocycles. The molecule has 1 aromatic rings. The van der Waals surface area contributed by atoms with E-state index in [2.05, 4.69) is 10.3 Å². The standard InChI is InChI=1S/C11H18ClN3/c1-15-8-10(13-14-15)7-11(9-12)5-3-2-4-6-11/h8H,2-7,9H2,1H3. The van der Waals surface area contributed by atoms with Crippen molar-refractivity contribution in [3.05, 3.63) is 11.9 Å². The molecule has 3 nitrogen and oxygen atoms in total. The first-order valence-electron chi connectivity index (χ1n) is 5.65. The highest BCUT2D eigenvalue weighted by Gasteiger charge is 2.32. The van der Waals surface area contributed by atoms with Gasteiger partial charge in [0.15, 0.2) is 0 Å². The molecule has 0 atom stereocenters. The maximum Gasteiger partial charge on any atom is 0.0832 e. The normalized spacial score (nSPS) is 20.4. The molecular formula is C11H18ClN3. The SMILES string of the molecule is Cn1cc(CC2(CCl)CCCCC2)nn1. The van der Waals surface area contributed by atoms with Crippen molar-refractivity contribution in [3.8, 4) is 0 Å². The van der Waals surface area contributed by atoms with Crippen molar-refractivity contribution in [1.29, 1.82) is 0 Å². The molecule has 4 heteroatoms. The summed E-state index contributed by atoms with van der Waals surface area (Å²) in [5, 5.41) is 8.13. The number of halogens is 1. The molecule has 0 saturated heterocycles. The minimum atomic E-state index is 0.288. The van der Waals surface area contributed by atoms with Gasteiger partial charge in [0, 0.05) is 19.1 Å². The third kappa shape index (κ3) is 2.51. The second-order valence-electron chi connectivity index (χ2n) is 4.75. The number of hydrogen-bond donors (Lipinski definition) is 0. The van der Waals surface area contributed by atoms with E-state index in [4.69, 9.17) is 11.6 Å². The molecule has 0 spiro atoms. The largest absolute Gasteiger partial charge is 0.255 e. The van der Waals surface area contributed by atoms with Gasteiger partial charge in [-0.1, -0.05) is 24.5 Å². The summed E-state index contributed by atoms with van der Waals surface area (Å²) in [5.41, 5.74) is 1.37. The van der Waals surface area contributed by atoms with Crippen LogP contribution in [0.5, 0.6) is 0 Å². The van der Waals surface area contributed by atoms with Crippen molar-refractivity contribution in [2.45, 2.75) is 38.5 Å². The molecule has 15 heavy (non-hydrogen) atoms. The maximum absolute atomic E-state index is 6.14. The molecule has 0 unspecified atom stereocenters. The van der Waals surface area contributed by atoms with E-state index in [1.54, 1.807) is 4.68 Å². The van der Waals surface area contributed by atoms with E-state index in [9.17, 15) is 0 Å². The lowest BCUT2D eigenvalue weighted by Gasteiger charge is -2.34. The van der Waals surface area contributed by atoms with Gasteiger partial charge >= 0.3 is 0 Å². The number of aromatic nitrogens is 3. The van der Waals surface area contributed by atoms with E-state index in [1.807, 2.05) is 13.2 Å². The van der Waals surface area contributed by atoms with Crippen molar-refractivity contribution < 1.29 is 0 Å². The Bertz CT molecular complexity index is 315. The van der Waals surface area contributed by atoms with E-state index in [0.717, 1.165) is 18.0 Å². The average Bonchev–Trinajstić information content (AvgIpc) is 2.65. The van der Waals surface area contributed by atoms with Crippen molar-refractivity contribution in [2.75, 3.05) is 5.88 Å². The van der Waals surface area contributed by atoms with Crippen LogP contribution in [-0.2, 0) is 13.5 Å². The van der Waals surface area contributed by atoms with Crippen molar-refractivity contribution >= 4 is 11.6 Å². The molecule has 1 saturated carbocycles. The first-order valence-corrected chi connectivity index (χ1v) is 6.19. The van der Waals surface area contributed by atoms with Crippen LogP contribution in [0.15, 0.2) is 6.20 Å². The van der Waals surface area contributed by atoms with Crippen LogP contribution in [0, 0.1) is 5.41 Å². The maximum atomic E-state index is 6.14. The van der Waals surface area contributed by atoms with Crippen LogP contribution in [0.2, 0.25) is 0 Å². The molecule has 1 aliphatic rings. The summed E-state index contributed by atoms with van der Waals surface area (Å²) < 4.78 is 1.76. The summed E-state index contributed by atoms with van der Waals surface area (Å²) in [6.45, 7) is 0. The summed E-state index contributed by atoms with van der Waals surface area (Å²) in [6, 6.07) is 0. The van der Waals surface area contributed by atoms with Gasteiger partial charge in [-0.3, -0.25) is 4.68 Å². The Morgan fingerprint density at radius 2 is 2.13 bits per heavy atom. The summed E-state index contributed by atoms with van der Waals surface area (Å²) in [4.78, 5) is 0. The van der Waals surface area contributed by atoms with E-state index < -0.39 is 0 Å². The minimum absolute atomic E-state index is 0.288. The number of rotatable bonds is 3. The van der Waals surface area contributed by atoms with Crippen LogP contribution in [-0.4, -0.2) is 20.9 Å². The van der Waals surface area contributed by atoms with E-state index in [1.165, 1.54) is 32.1 Å². The predicted molar refractivity (Wildman–Crippen MR) is 60.9 cm³/mol. The molecule has 0 radical (unpaired) electrons. The van der Waals surface area contributed by atoms with Crippen LogP contribution < -0.4 is 0 Å². The zero-order valence-electron chi connectivity index (χ0n) is 9.25. The molecule has 0 bridgehead atoms. The number of aryl methyl sites for hydroxylation is 1. The van der Waals surface area contributed by atoms with Gasteiger partial charge in [0.25, 0.3) is 0 Å². The van der Waals surface area contributed by atoms with Gasteiger partial charge in [0.05, 0.1) is 5.69 Å². The molecule has 0 aromatic carbocycles. The molecule has 0 N–H and O–H groups in total. The highest BCUT2D eigenvalue weighted by atomic mass is 35.5. The van der Waals surface area contributed by atoms with Crippen molar-refractivity contribution in [2.24, 2.45) is 12.5 Å². The first-order chi connectivity index (χ1) is 7.24. The van der Waals surface area contributed by atoms with Gasteiger partial charge < -0.3 is 0 Å². The van der Waals surface area contributed by atoms with Crippen molar-refractivity contribution in [3.63, 3.8) is 0 Å². The van der Waals surface area contributed by atoms with E-state index in [-0.39, 0.29) is 5.41 Å². The predicted octanol–water partition coefficient (Wildman–Crippen LogP) is 2.55. The van der Waals surface area contributed by atoms with Crippen LogP contribution >= 0.6 is 11.6 Å². The van der Waals surface area contributed by atoms with Gasteiger partial charge in [-0.05, 0) is 24.7 Å². The third-order valence-electron chi connectivity index (χ3n) is 3.40. The number of nitrogens with zero attached hydrogens (tertiary/aromatic N) is 3. The third-order valence-corrected chi connectivity index (χ3v) is 3.97. The van der Waals surface area contributed by atoms with Crippen LogP contribution in [0.25, 0.3) is 0 Å². The van der Waals surface area contributed by atoms with Gasteiger partial charge in [0.2, 0.25) is 0 Å². The van der Waals surface area contributed by atoms with E-state index >= 15 is 0 Å². The Morgan fingerprint density at radius 1 is 1.40 bits per heavy atom. The van der Waals surface area contributed by atoms with Gasteiger partial charge in [-0.15, -0.1) is 16.7 Å². The lowest BCUT2D eigenvalue weighted by molar-refractivity contribution is 0.217. The van der Waals surface area contributed by atoms with Crippen LogP contribution in [0.3, 0.4) is 0 Å². The lowest BCUT2D eigenvalue weighted by atomic mass is 9.73. The Kier molecular flexibility index (Phi) is 3.29. The zero-order valence-corrected chi connectivity index (χ0v) is 10.0. The second kappa shape index (κ2) is 4.52. The van der Waals surface area contributed by atoms with Gasteiger partial charge in [-0.25, -0.2) is 0 Å². The molecule has 1 aromatic heterocycles. The number of hydrogen-bond acceptors (Lipinski definition) is 2. The van der Waals surface area contributed by atoms with Crippen molar-refractivity contribution in [1.82, 2.24) is 15.0 Å². The smallest absolute Gasteiger partial charge is 0.0832 e. The highest BCUT2D eigenvalue weighted by molar-refractivity contribution is 6.18. The minimum Gasteiger partial charge on any atom is -0.255 e. The summed E-state index contributed by atoms with van der Waals surface area (Å²) in [5.74, 6) is 0.754. The van der Waals surface area contributed by atoms with Crippen LogP contribution in [0.4, 0.5) is 0 Å². The number of alkyl halides is 1. The molecule has 0 amide bonds. The molecule has 1 heterocycles. The Balaban J connectivity index is 2.06. The fraction of sp³-hybridized carbons (Fsp3) is 0.818. The summed E-state index contributed by atoms with van der Waals surface area (Å²) >= 11 is 6.14. The molecular weight excluding hydrogens is 210 g/mol. The molecule has 0 aliphatic heterocycles. The topological polar surface area (TPSA) is 30.7 Å². The second-order valence-corrected chi connectivity index (χ2v) is 5.02. The van der Waals surface area contributed by atoms with E-state index in [0.29, 0.717) is 0 Å². The fourth-order valence-corrected chi connectivity index (χ4v) is 2.88. The first kappa shape index (κ1) is 10.9. The highest BCUT2D eigenvalue weighted by Crippen LogP contribution is 2.39. The quantitative estimate of drug-likeness (QED) is 0.743. The Morgan fingerprint density at radius 3 is 2.67 bits per heavy atom. The lowest BCUT2D eigenvalue weighted by Crippen LogP contribution is -2.28.